The summed E-state index contributed by atoms with van der Waals surface area (Å²) in [5, 5.41) is -0.663. The lowest BCUT2D eigenvalue weighted by atomic mass is 9.91. The number of para-hydroxylation sites is 1. The van der Waals surface area contributed by atoms with Gasteiger partial charge in [0.15, 0.2) is 5.78 Å². The molecule has 0 aromatic heterocycles. The van der Waals surface area contributed by atoms with Gasteiger partial charge in [-0.25, -0.2) is 0 Å². The van der Waals surface area contributed by atoms with Crippen LogP contribution in [0.2, 0.25) is 0 Å². The van der Waals surface area contributed by atoms with E-state index in [1.54, 1.807) is 26.0 Å². The molecule has 0 aliphatic carbocycles. The summed E-state index contributed by atoms with van der Waals surface area (Å²) >= 11 is 8.96. The highest BCUT2D eigenvalue weighted by Crippen LogP contribution is 2.25. The Labute approximate surface area is 109 Å². The Kier molecular flexibility index (Phi) is 4.81. The summed E-state index contributed by atoms with van der Waals surface area (Å²) in [5.74, 6) is 0.862. The molecule has 2 nitrogen and oxygen atoms in total. The Morgan fingerprint density at radius 1 is 1.44 bits per heavy atom. The number of halogens is 2. The largest absolute Gasteiger partial charge is 0.471 e. The van der Waals surface area contributed by atoms with Crippen LogP contribution in [0, 0.1) is 5.41 Å². The maximum atomic E-state index is 11.9. The van der Waals surface area contributed by atoms with E-state index in [0.717, 1.165) is 0 Å². The van der Waals surface area contributed by atoms with E-state index in [1.165, 1.54) is 0 Å². The zero-order chi connectivity index (χ0) is 12.2. The highest BCUT2D eigenvalue weighted by Gasteiger charge is 2.32. The van der Waals surface area contributed by atoms with Gasteiger partial charge in [-0.3, -0.25) is 4.79 Å². The minimum absolute atomic E-state index is 0.0636. The Hall–Kier alpha value is -0.540. The van der Waals surface area contributed by atoms with Gasteiger partial charge < -0.3 is 4.74 Å². The number of carbonyl (C=O) groups is 1. The first-order valence-electron chi connectivity index (χ1n) is 4.93. The van der Waals surface area contributed by atoms with E-state index in [4.69, 9.17) is 16.3 Å². The van der Waals surface area contributed by atoms with Gasteiger partial charge in [0.05, 0.1) is 0 Å². The molecule has 1 unspecified atom stereocenters. The standard InChI is InChI=1S/C12H14BrClO2/c1-12(2,8-14)10(15)11(13)16-9-6-4-3-5-7-9/h3-7,11H,8H2,1-2H3. The number of benzene rings is 1. The van der Waals surface area contributed by atoms with Gasteiger partial charge in [0.25, 0.3) is 0 Å². The van der Waals surface area contributed by atoms with Crippen molar-refractivity contribution in [3.8, 4) is 5.75 Å². The second kappa shape index (κ2) is 5.69. The van der Waals surface area contributed by atoms with Crippen molar-refractivity contribution in [1.29, 1.82) is 0 Å². The summed E-state index contributed by atoms with van der Waals surface area (Å²) in [6, 6.07) is 9.20. The molecule has 16 heavy (non-hydrogen) atoms. The molecular weight excluding hydrogens is 291 g/mol. The molecule has 0 spiro atoms. The van der Waals surface area contributed by atoms with E-state index < -0.39 is 10.4 Å². The predicted octanol–water partition coefficient (Wildman–Crippen LogP) is 3.62. The van der Waals surface area contributed by atoms with Crippen LogP contribution in [0.25, 0.3) is 0 Å². The number of ether oxygens (including phenoxy) is 1. The molecule has 0 fully saturated rings. The van der Waals surface area contributed by atoms with Gasteiger partial charge in [-0.2, -0.15) is 0 Å². The first-order valence-corrected chi connectivity index (χ1v) is 6.38. The van der Waals surface area contributed by atoms with Crippen LogP contribution < -0.4 is 4.74 Å². The molecule has 4 heteroatoms. The fourth-order valence-corrected chi connectivity index (χ4v) is 2.01. The fraction of sp³-hybridized carbons (Fsp3) is 0.417. The third-order valence-electron chi connectivity index (χ3n) is 2.19. The van der Waals surface area contributed by atoms with Crippen molar-refractivity contribution >= 4 is 33.3 Å². The summed E-state index contributed by atoms with van der Waals surface area (Å²) < 4.78 is 5.47. The van der Waals surface area contributed by atoms with E-state index >= 15 is 0 Å². The quantitative estimate of drug-likeness (QED) is 0.777. The van der Waals surface area contributed by atoms with Crippen molar-refractivity contribution in [1.82, 2.24) is 0 Å². The van der Waals surface area contributed by atoms with E-state index in [1.807, 2.05) is 18.2 Å². The van der Waals surface area contributed by atoms with Gasteiger partial charge in [0.2, 0.25) is 5.01 Å². The van der Waals surface area contributed by atoms with Gasteiger partial charge >= 0.3 is 0 Å². The molecule has 0 aliphatic rings. The zero-order valence-corrected chi connectivity index (χ0v) is 11.6. The number of Topliss-reactive ketones (excluding diaryl/α,β-unsaturated/α-hetero) is 1. The van der Waals surface area contributed by atoms with Crippen molar-refractivity contribution in [2.75, 3.05) is 5.88 Å². The molecule has 0 saturated carbocycles. The van der Waals surface area contributed by atoms with Crippen LogP contribution in [0.5, 0.6) is 5.75 Å². The lowest BCUT2D eigenvalue weighted by Crippen LogP contribution is -2.35. The molecule has 1 aromatic carbocycles. The van der Waals surface area contributed by atoms with Crippen LogP contribution in [-0.2, 0) is 4.79 Å². The van der Waals surface area contributed by atoms with Crippen molar-refractivity contribution in [3.63, 3.8) is 0 Å². The molecule has 1 rings (SSSR count). The second-order valence-electron chi connectivity index (χ2n) is 4.13. The van der Waals surface area contributed by atoms with Crippen LogP contribution in [-0.4, -0.2) is 16.7 Å². The lowest BCUT2D eigenvalue weighted by Gasteiger charge is -2.23. The van der Waals surface area contributed by atoms with Gasteiger partial charge in [0, 0.05) is 11.3 Å². The Morgan fingerprint density at radius 2 is 2.00 bits per heavy atom. The Bertz CT molecular complexity index is 351. The first-order chi connectivity index (χ1) is 7.47. The molecule has 0 saturated heterocycles. The molecule has 0 radical (unpaired) electrons. The highest BCUT2D eigenvalue weighted by molar-refractivity contribution is 9.09. The number of rotatable bonds is 5. The van der Waals surface area contributed by atoms with Gasteiger partial charge in [-0.15, -0.1) is 11.6 Å². The average Bonchev–Trinajstić information content (AvgIpc) is 2.29. The normalized spacial score (nSPS) is 13.2. The number of hydrogen-bond acceptors (Lipinski definition) is 2. The summed E-state index contributed by atoms with van der Waals surface area (Å²) in [6.07, 6.45) is 0. The molecule has 1 aromatic rings. The fourth-order valence-electron chi connectivity index (χ4n) is 1.05. The molecule has 0 aliphatic heterocycles. The van der Waals surface area contributed by atoms with Crippen molar-refractivity contribution in [3.05, 3.63) is 30.3 Å². The minimum atomic E-state index is -0.663. The van der Waals surface area contributed by atoms with Crippen LogP contribution in [0.15, 0.2) is 30.3 Å². The van der Waals surface area contributed by atoms with E-state index in [-0.39, 0.29) is 11.7 Å². The van der Waals surface area contributed by atoms with Crippen molar-refractivity contribution < 1.29 is 9.53 Å². The molecular formula is C12H14BrClO2. The first kappa shape index (κ1) is 13.5. The van der Waals surface area contributed by atoms with Crippen LogP contribution in [0.4, 0.5) is 0 Å². The van der Waals surface area contributed by atoms with Crippen molar-refractivity contribution in [2.45, 2.75) is 18.9 Å². The average molecular weight is 306 g/mol. The monoisotopic (exact) mass is 304 g/mol. The van der Waals surface area contributed by atoms with Crippen LogP contribution in [0.3, 0.4) is 0 Å². The van der Waals surface area contributed by atoms with E-state index in [9.17, 15) is 4.79 Å². The van der Waals surface area contributed by atoms with E-state index in [2.05, 4.69) is 15.9 Å². The number of carbonyl (C=O) groups excluding carboxylic acids is 1. The minimum Gasteiger partial charge on any atom is -0.471 e. The molecule has 88 valence electrons. The van der Waals surface area contributed by atoms with Gasteiger partial charge in [0.1, 0.15) is 5.75 Å². The van der Waals surface area contributed by atoms with Crippen LogP contribution >= 0.6 is 27.5 Å². The van der Waals surface area contributed by atoms with Crippen molar-refractivity contribution in [2.24, 2.45) is 5.41 Å². The van der Waals surface area contributed by atoms with Gasteiger partial charge in [-0.1, -0.05) is 32.0 Å². The second-order valence-corrected chi connectivity index (χ2v) is 5.23. The smallest absolute Gasteiger partial charge is 0.211 e. The zero-order valence-electron chi connectivity index (χ0n) is 9.24. The summed E-state index contributed by atoms with van der Waals surface area (Å²) in [6.45, 7) is 3.59. The third-order valence-corrected chi connectivity index (χ3v) is 3.46. The Balaban J connectivity index is 2.66. The Morgan fingerprint density at radius 3 is 2.50 bits per heavy atom. The number of hydrogen-bond donors (Lipinski definition) is 0. The molecule has 0 heterocycles. The van der Waals surface area contributed by atoms with Gasteiger partial charge in [-0.05, 0) is 28.1 Å². The van der Waals surface area contributed by atoms with Crippen LogP contribution in [0.1, 0.15) is 13.8 Å². The molecule has 0 bridgehead atoms. The SMILES string of the molecule is CC(C)(CCl)C(=O)C(Br)Oc1ccccc1. The molecule has 1 atom stereocenters. The molecule has 0 N–H and O–H groups in total. The topological polar surface area (TPSA) is 26.3 Å². The lowest BCUT2D eigenvalue weighted by molar-refractivity contribution is -0.129. The number of ketones is 1. The maximum absolute atomic E-state index is 11.9. The summed E-state index contributed by atoms with van der Waals surface area (Å²) in [4.78, 5) is 11.9. The highest BCUT2D eigenvalue weighted by atomic mass is 79.9. The molecule has 0 amide bonds. The maximum Gasteiger partial charge on any atom is 0.211 e. The predicted molar refractivity (Wildman–Crippen MR) is 69.3 cm³/mol. The summed E-state index contributed by atoms with van der Waals surface area (Å²) in [7, 11) is 0. The third kappa shape index (κ3) is 3.49. The number of alkyl halides is 2. The summed E-state index contributed by atoms with van der Waals surface area (Å²) in [5.41, 5.74) is -0.593. The van der Waals surface area contributed by atoms with E-state index in [0.29, 0.717) is 5.75 Å².